The molecule has 0 spiro atoms. The van der Waals surface area contributed by atoms with Gasteiger partial charge in [-0.25, -0.2) is 0 Å². The van der Waals surface area contributed by atoms with Crippen LogP contribution in [0.15, 0.2) is 24.4 Å². The van der Waals surface area contributed by atoms with Gasteiger partial charge in [-0.05, 0) is 26.0 Å². The molecule has 5 heteroatoms. The number of rotatable bonds is 4. The minimum absolute atomic E-state index is 0.0138. The van der Waals surface area contributed by atoms with Gasteiger partial charge in [0.2, 0.25) is 0 Å². The van der Waals surface area contributed by atoms with E-state index in [1.165, 1.54) is 0 Å². The quantitative estimate of drug-likeness (QED) is 0.887. The number of hydrogen-bond donors (Lipinski definition) is 1. The average Bonchev–Trinajstić information content (AvgIpc) is 2.58. The van der Waals surface area contributed by atoms with Gasteiger partial charge in [-0.3, -0.25) is 14.5 Å². The Balaban J connectivity index is 2.27. The van der Waals surface area contributed by atoms with Gasteiger partial charge in [0.1, 0.15) is 0 Å². The van der Waals surface area contributed by atoms with E-state index in [0.29, 0.717) is 6.54 Å². The third-order valence-corrected chi connectivity index (χ3v) is 2.90. The van der Waals surface area contributed by atoms with E-state index >= 15 is 0 Å². The zero-order chi connectivity index (χ0) is 13.1. The van der Waals surface area contributed by atoms with E-state index in [2.05, 4.69) is 10.1 Å². The summed E-state index contributed by atoms with van der Waals surface area (Å²) in [5, 5.41) is 13.2. The Hall–Kier alpha value is -2.17. The first kappa shape index (κ1) is 12.3. The van der Waals surface area contributed by atoms with E-state index in [1.807, 2.05) is 32.0 Å². The second-order valence-electron chi connectivity index (χ2n) is 4.20. The summed E-state index contributed by atoms with van der Waals surface area (Å²) in [6, 6.07) is 5.71. The number of hydrogen-bond acceptors (Lipinski definition) is 3. The highest BCUT2D eigenvalue weighted by atomic mass is 16.4. The van der Waals surface area contributed by atoms with Crippen molar-refractivity contribution in [3.05, 3.63) is 47.0 Å². The maximum atomic E-state index is 10.8. The Labute approximate surface area is 105 Å². The van der Waals surface area contributed by atoms with E-state index < -0.39 is 5.97 Å². The zero-order valence-corrected chi connectivity index (χ0v) is 10.4. The zero-order valence-electron chi connectivity index (χ0n) is 10.4. The molecule has 5 nitrogen and oxygen atoms in total. The molecule has 0 saturated carbocycles. The number of carboxylic acid groups (broad SMARTS) is 1. The molecule has 0 aromatic carbocycles. The van der Waals surface area contributed by atoms with Gasteiger partial charge in [-0.2, -0.15) is 5.10 Å². The molecule has 0 aliphatic carbocycles. The van der Waals surface area contributed by atoms with Crippen LogP contribution in [0.2, 0.25) is 0 Å². The van der Waals surface area contributed by atoms with Crippen molar-refractivity contribution in [2.45, 2.75) is 26.8 Å². The summed E-state index contributed by atoms with van der Waals surface area (Å²) in [5.74, 6) is -0.835. The molecule has 18 heavy (non-hydrogen) atoms. The van der Waals surface area contributed by atoms with Gasteiger partial charge in [-0.1, -0.05) is 6.07 Å². The van der Waals surface area contributed by atoms with Gasteiger partial charge < -0.3 is 5.11 Å². The van der Waals surface area contributed by atoms with Crippen molar-refractivity contribution in [2.24, 2.45) is 0 Å². The van der Waals surface area contributed by atoms with Crippen LogP contribution in [-0.2, 0) is 17.8 Å². The normalized spacial score (nSPS) is 10.6. The first-order valence-electron chi connectivity index (χ1n) is 5.72. The fourth-order valence-corrected chi connectivity index (χ4v) is 1.94. The van der Waals surface area contributed by atoms with Crippen molar-refractivity contribution < 1.29 is 9.90 Å². The molecular weight excluding hydrogens is 230 g/mol. The number of carboxylic acids is 1. The Morgan fingerprint density at radius 1 is 1.39 bits per heavy atom. The fraction of sp³-hybridized carbons (Fsp3) is 0.308. The minimum Gasteiger partial charge on any atom is -0.481 e. The first-order valence-corrected chi connectivity index (χ1v) is 5.72. The van der Waals surface area contributed by atoms with Crippen molar-refractivity contribution in [2.75, 3.05) is 0 Å². The monoisotopic (exact) mass is 245 g/mol. The third kappa shape index (κ3) is 2.56. The molecule has 0 atom stereocenters. The SMILES string of the molecule is Cc1nn(Cc2ccccn2)c(C)c1CC(=O)O. The predicted octanol–water partition coefficient (Wildman–Crippen LogP) is 1.57. The topological polar surface area (TPSA) is 68.0 Å². The molecule has 2 heterocycles. The van der Waals surface area contributed by atoms with Crippen LogP contribution in [0, 0.1) is 13.8 Å². The number of pyridine rings is 1. The van der Waals surface area contributed by atoms with Gasteiger partial charge in [0, 0.05) is 17.5 Å². The molecule has 0 aliphatic heterocycles. The van der Waals surface area contributed by atoms with Crippen LogP contribution < -0.4 is 0 Å². The lowest BCUT2D eigenvalue weighted by Crippen LogP contribution is -2.06. The van der Waals surface area contributed by atoms with Crippen molar-refractivity contribution in [3.8, 4) is 0 Å². The fourth-order valence-electron chi connectivity index (χ4n) is 1.94. The molecule has 0 unspecified atom stereocenters. The molecule has 2 rings (SSSR count). The highest BCUT2D eigenvalue weighted by Gasteiger charge is 2.14. The summed E-state index contributed by atoms with van der Waals surface area (Å²) in [5.41, 5.74) is 3.36. The van der Waals surface area contributed by atoms with Gasteiger partial charge in [0.15, 0.2) is 0 Å². The second kappa shape index (κ2) is 5.00. The standard InChI is InChI=1S/C13H15N3O2/c1-9-12(7-13(17)18)10(2)16(15-9)8-11-5-3-4-6-14-11/h3-6H,7-8H2,1-2H3,(H,17,18). The van der Waals surface area contributed by atoms with E-state index in [9.17, 15) is 4.79 Å². The largest absolute Gasteiger partial charge is 0.481 e. The lowest BCUT2D eigenvalue weighted by atomic mass is 10.1. The van der Waals surface area contributed by atoms with Crippen molar-refractivity contribution in [3.63, 3.8) is 0 Å². The van der Waals surface area contributed by atoms with Gasteiger partial charge in [-0.15, -0.1) is 0 Å². The van der Waals surface area contributed by atoms with Crippen LogP contribution in [0.25, 0.3) is 0 Å². The Morgan fingerprint density at radius 2 is 2.17 bits per heavy atom. The Bertz CT molecular complexity index is 561. The molecule has 2 aromatic rings. The second-order valence-corrected chi connectivity index (χ2v) is 4.20. The maximum absolute atomic E-state index is 10.8. The number of carbonyl (C=O) groups is 1. The first-order chi connectivity index (χ1) is 8.58. The number of aromatic nitrogens is 3. The predicted molar refractivity (Wildman–Crippen MR) is 66.4 cm³/mol. The lowest BCUT2D eigenvalue weighted by Gasteiger charge is -2.04. The maximum Gasteiger partial charge on any atom is 0.307 e. The molecule has 2 aromatic heterocycles. The molecule has 0 bridgehead atoms. The summed E-state index contributed by atoms with van der Waals surface area (Å²) in [6.45, 7) is 4.29. The molecular formula is C13H15N3O2. The van der Waals surface area contributed by atoms with Gasteiger partial charge in [0.25, 0.3) is 0 Å². The molecule has 0 fully saturated rings. The van der Waals surface area contributed by atoms with Crippen LogP contribution in [0.3, 0.4) is 0 Å². The van der Waals surface area contributed by atoms with E-state index in [0.717, 1.165) is 22.6 Å². The third-order valence-electron chi connectivity index (χ3n) is 2.90. The number of aryl methyl sites for hydroxylation is 1. The summed E-state index contributed by atoms with van der Waals surface area (Å²) in [7, 11) is 0. The van der Waals surface area contributed by atoms with Crippen LogP contribution in [0.4, 0.5) is 0 Å². The van der Waals surface area contributed by atoms with Crippen LogP contribution in [0.1, 0.15) is 22.6 Å². The molecule has 0 saturated heterocycles. The van der Waals surface area contributed by atoms with Crippen LogP contribution >= 0.6 is 0 Å². The smallest absolute Gasteiger partial charge is 0.307 e. The van der Waals surface area contributed by atoms with Gasteiger partial charge in [0.05, 0.1) is 24.4 Å². The lowest BCUT2D eigenvalue weighted by molar-refractivity contribution is -0.136. The summed E-state index contributed by atoms with van der Waals surface area (Å²) >= 11 is 0. The summed E-state index contributed by atoms with van der Waals surface area (Å²) < 4.78 is 1.80. The van der Waals surface area contributed by atoms with Crippen molar-refractivity contribution >= 4 is 5.97 Å². The molecule has 0 amide bonds. The molecule has 1 N–H and O–H groups in total. The van der Waals surface area contributed by atoms with E-state index in [-0.39, 0.29) is 6.42 Å². The highest BCUT2D eigenvalue weighted by molar-refractivity contribution is 5.70. The highest BCUT2D eigenvalue weighted by Crippen LogP contribution is 2.14. The van der Waals surface area contributed by atoms with Crippen molar-refractivity contribution in [1.29, 1.82) is 0 Å². The number of aliphatic carboxylic acids is 1. The van der Waals surface area contributed by atoms with Crippen molar-refractivity contribution in [1.82, 2.24) is 14.8 Å². The molecule has 0 aliphatic rings. The van der Waals surface area contributed by atoms with Crippen LogP contribution in [-0.4, -0.2) is 25.8 Å². The summed E-state index contributed by atoms with van der Waals surface area (Å²) in [4.78, 5) is 15.0. The molecule has 0 radical (unpaired) electrons. The van der Waals surface area contributed by atoms with Gasteiger partial charge >= 0.3 is 5.97 Å². The number of nitrogens with zero attached hydrogens (tertiary/aromatic N) is 3. The average molecular weight is 245 g/mol. The minimum atomic E-state index is -0.835. The van der Waals surface area contributed by atoms with E-state index in [4.69, 9.17) is 5.11 Å². The Morgan fingerprint density at radius 3 is 2.78 bits per heavy atom. The Kier molecular flexibility index (Phi) is 3.41. The summed E-state index contributed by atoms with van der Waals surface area (Å²) in [6.07, 6.45) is 1.75. The molecule has 94 valence electrons. The van der Waals surface area contributed by atoms with E-state index in [1.54, 1.807) is 10.9 Å². The van der Waals surface area contributed by atoms with Crippen LogP contribution in [0.5, 0.6) is 0 Å².